The van der Waals surface area contributed by atoms with Gasteiger partial charge in [-0.2, -0.15) is 13.2 Å². The van der Waals surface area contributed by atoms with Crippen LogP contribution in [-0.4, -0.2) is 16.1 Å². The van der Waals surface area contributed by atoms with Crippen molar-refractivity contribution in [2.24, 2.45) is 0 Å². The molecule has 0 spiro atoms. The lowest BCUT2D eigenvalue weighted by atomic mass is 10.0. The first-order valence-corrected chi connectivity index (χ1v) is 9.39. The maximum atomic E-state index is 13.1. The molecule has 0 aliphatic carbocycles. The topological polar surface area (TPSA) is 59.4 Å². The molecule has 0 amide bonds. The second-order valence-corrected chi connectivity index (χ2v) is 7.06. The predicted octanol–water partition coefficient (Wildman–Crippen LogP) is 7.06. The zero-order chi connectivity index (χ0) is 22.2. The summed E-state index contributed by atoms with van der Waals surface area (Å²) in [6.07, 6.45) is -4.57. The fourth-order valence-electron chi connectivity index (χ4n) is 3.16. The van der Waals surface area contributed by atoms with Gasteiger partial charge in [0.1, 0.15) is 17.0 Å². The summed E-state index contributed by atoms with van der Waals surface area (Å²) in [5, 5.41) is 10.7. The van der Waals surface area contributed by atoms with Crippen LogP contribution in [0.4, 0.5) is 13.2 Å². The van der Waals surface area contributed by atoms with Crippen molar-refractivity contribution in [2.75, 3.05) is 0 Å². The summed E-state index contributed by atoms with van der Waals surface area (Å²) in [6.45, 7) is 0. The van der Waals surface area contributed by atoms with Gasteiger partial charge in [-0.1, -0.05) is 48.0 Å². The third kappa shape index (κ3) is 4.18. The van der Waals surface area contributed by atoms with Crippen molar-refractivity contribution in [2.45, 2.75) is 6.18 Å². The number of fused-ring (bicyclic) bond motifs is 1. The average Bonchev–Trinajstić information content (AvgIpc) is 2.73. The van der Waals surface area contributed by atoms with E-state index in [1.165, 1.54) is 12.1 Å². The summed E-state index contributed by atoms with van der Waals surface area (Å²) in [4.78, 5) is 16.7. The molecule has 0 radical (unpaired) electrons. The minimum absolute atomic E-state index is 0.159. The molecule has 156 valence electrons. The van der Waals surface area contributed by atoms with E-state index < -0.39 is 17.7 Å². The first-order chi connectivity index (χ1) is 14.7. The number of benzene rings is 3. The van der Waals surface area contributed by atoms with Crippen molar-refractivity contribution in [1.29, 1.82) is 0 Å². The minimum atomic E-state index is -4.57. The highest BCUT2D eigenvalue weighted by Gasteiger charge is 2.31. The molecular weight excluding hydrogens is 431 g/mol. The molecule has 4 aromatic rings. The van der Waals surface area contributed by atoms with Crippen LogP contribution in [-0.2, 0) is 6.18 Å². The number of pyridine rings is 1. The van der Waals surface area contributed by atoms with Gasteiger partial charge in [-0.05, 0) is 36.4 Å². The molecular formula is C23H13ClF3NO3. The highest BCUT2D eigenvalue weighted by atomic mass is 35.5. The molecule has 0 unspecified atom stereocenters. The molecule has 4 rings (SSSR count). The Morgan fingerprint density at radius 1 is 0.968 bits per heavy atom. The maximum absolute atomic E-state index is 13.1. The first kappa shape index (κ1) is 20.7. The first-order valence-electron chi connectivity index (χ1n) is 9.01. The van der Waals surface area contributed by atoms with Gasteiger partial charge in [-0.25, -0.2) is 9.78 Å². The molecule has 0 saturated heterocycles. The van der Waals surface area contributed by atoms with Gasteiger partial charge in [-0.3, -0.25) is 0 Å². The molecule has 4 nitrogen and oxygen atoms in total. The number of halogens is 4. The molecule has 0 fully saturated rings. The minimum Gasteiger partial charge on any atom is -0.478 e. The molecule has 0 aliphatic heterocycles. The van der Waals surface area contributed by atoms with Crippen LogP contribution in [0.3, 0.4) is 0 Å². The van der Waals surface area contributed by atoms with Crippen molar-refractivity contribution in [3.63, 3.8) is 0 Å². The van der Waals surface area contributed by atoms with Crippen LogP contribution >= 0.6 is 11.6 Å². The van der Waals surface area contributed by atoms with Crippen LogP contribution in [0.2, 0.25) is 5.02 Å². The predicted molar refractivity (Wildman–Crippen MR) is 111 cm³/mol. The van der Waals surface area contributed by atoms with Gasteiger partial charge in [0.05, 0.1) is 11.1 Å². The zero-order valence-corrected chi connectivity index (χ0v) is 16.4. The second-order valence-electron chi connectivity index (χ2n) is 6.62. The lowest BCUT2D eigenvalue weighted by molar-refractivity contribution is -0.137. The lowest BCUT2D eigenvalue weighted by Crippen LogP contribution is -2.07. The summed E-state index contributed by atoms with van der Waals surface area (Å²) in [6, 6.07) is 17.3. The van der Waals surface area contributed by atoms with Gasteiger partial charge in [0.25, 0.3) is 0 Å². The number of carboxylic acids is 1. The highest BCUT2D eigenvalue weighted by molar-refractivity contribution is 6.30. The molecule has 0 bridgehead atoms. The number of alkyl halides is 3. The summed E-state index contributed by atoms with van der Waals surface area (Å²) in [5.74, 6) is -1.62. The summed E-state index contributed by atoms with van der Waals surface area (Å²) >= 11 is 5.95. The molecule has 31 heavy (non-hydrogen) atoms. The Bertz CT molecular complexity index is 1290. The van der Waals surface area contributed by atoms with E-state index in [-0.39, 0.29) is 22.8 Å². The van der Waals surface area contributed by atoms with E-state index in [2.05, 4.69) is 4.98 Å². The standard InChI is InChI=1S/C23H13ClF3NO3/c24-15-10-8-13(9-11-15)20-21(31-16-5-3-4-14(12-16)23(25,26)27)19(22(29)30)17-6-1-2-7-18(17)28-20/h1-12H,(H,29,30). The zero-order valence-electron chi connectivity index (χ0n) is 15.7. The summed E-state index contributed by atoms with van der Waals surface area (Å²) in [7, 11) is 0. The van der Waals surface area contributed by atoms with Gasteiger partial charge in [0.2, 0.25) is 0 Å². The average molecular weight is 444 g/mol. The van der Waals surface area contributed by atoms with E-state index in [0.717, 1.165) is 12.1 Å². The fraction of sp³-hybridized carbons (Fsp3) is 0.0435. The van der Waals surface area contributed by atoms with Gasteiger partial charge >= 0.3 is 12.1 Å². The van der Waals surface area contributed by atoms with Crippen molar-refractivity contribution < 1.29 is 27.8 Å². The molecule has 1 N–H and O–H groups in total. The SMILES string of the molecule is O=C(O)c1c(Oc2cccc(C(F)(F)F)c2)c(-c2ccc(Cl)cc2)nc2ccccc12. The largest absolute Gasteiger partial charge is 0.478 e. The summed E-state index contributed by atoms with van der Waals surface area (Å²) in [5.41, 5.74) is -0.0392. The number of nitrogens with zero attached hydrogens (tertiary/aromatic N) is 1. The van der Waals surface area contributed by atoms with Crippen molar-refractivity contribution in [3.8, 4) is 22.8 Å². The Morgan fingerprint density at radius 2 is 1.68 bits per heavy atom. The Balaban J connectivity index is 1.98. The second kappa shape index (κ2) is 7.92. The number of hydrogen-bond donors (Lipinski definition) is 1. The van der Waals surface area contributed by atoms with E-state index in [0.29, 0.717) is 21.5 Å². The molecule has 3 aromatic carbocycles. The molecule has 0 aliphatic rings. The number of carbonyl (C=O) groups is 1. The van der Waals surface area contributed by atoms with Crippen molar-refractivity contribution in [3.05, 3.63) is 88.9 Å². The normalized spacial score (nSPS) is 11.5. The van der Waals surface area contributed by atoms with E-state index in [9.17, 15) is 23.1 Å². The van der Waals surface area contributed by atoms with Crippen LogP contribution in [0, 0.1) is 0 Å². The van der Waals surface area contributed by atoms with Gasteiger partial charge in [0, 0.05) is 16.0 Å². The van der Waals surface area contributed by atoms with E-state index in [1.807, 2.05) is 0 Å². The van der Waals surface area contributed by atoms with E-state index in [1.54, 1.807) is 48.5 Å². The summed E-state index contributed by atoms with van der Waals surface area (Å²) < 4.78 is 45.1. The van der Waals surface area contributed by atoms with Crippen molar-refractivity contribution >= 4 is 28.5 Å². The third-order valence-electron chi connectivity index (χ3n) is 4.56. The Labute approximate surface area is 179 Å². The number of aromatic nitrogens is 1. The lowest BCUT2D eigenvalue weighted by Gasteiger charge is -2.17. The molecule has 0 saturated carbocycles. The Morgan fingerprint density at radius 3 is 2.35 bits per heavy atom. The third-order valence-corrected chi connectivity index (χ3v) is 4.81. The monoisotopic (exact) mass is 443 g/mol. The number of carboxylic acid groups (broad SMARTS) is 1. The Hall–Kier alpha value is -3.58. The molecule has 1 aromatic heterocycles. The van der Waals surface area contributed by atoms with Gasteiger partial charge in [0.15, 0.2) is 5.75 Å². The van der Waals surface area contributed by atoms with Crippen LogP contribution < -0.4 is 4.74 Å². The molecule has 8 heteroatoms. The van der Waals surface area contributed by atoms with E-state index in [4.69, 9.17) is 16.3 Å². The van der Waals surface area contributed by atoms with Crippen molar-refractivity contribution in [1.82, 2.24) is 4.98 Å². The highest BCUT2D eigenvalue weighted by Crippen LogP contribution is 2.40. The smallest absolute Gasteiger partial charge is 0.416 e. The fourth-order valence-corrected chi connectivity index (χ4v) is 3.29. The number of ether oxygens (including phenoxy) is 1. The van der Waals surface area contributed by atoms with Crippen LogP contribution in [0.15, 0.2) is 72.8 Å². The van der Waals surface area contributed by atoms with Crippen LogP contribution in [0.5, 0.6) is 11.5 Å². The number of aromatic carboxylic acids is 1. The maximum Gasteiger partial charge on any atom is 0.416 e. The molecule has 0 atom stereocenters. The van der Waals surface area contributed by atoms with Crippen LogP contribution in [0.25, 0.3) is 22.2 Å². The number of rotatable bonds is 4. The Kier molecular flexibility index (Phi) is 5.29. The van der Waals surface area contributed by atoms with Gasteiger partial charge < -0.3 is 9.84 Å². The number of para-hydroxylation sites is 1. The van der Waals surface area contributed by atoms with Crippen LogP contribution in [0.1, 0.15) is 15.9 Å². The van der Waals surface area contributed by atoms with Gasteiger partial charge in [-0.15, -0.1) is 0 Å². The quantitative estimate of drug-likeness (QED) is 0.366. The molecule has 1 heterocycles. The number of hydrogen-bond acceptors (Lipinski definition) is 3. The van der Waals surface area contributed by atoms with E-state index >= 15 is 0 Å².